The Hall–Kier alpha value is -2.69. The van der Waals surface area contributed by atoms with Crippen LogP contribution in [0.4, 0.5) is 0 Å². The molecule has 6 atom stereocenters. The maximum Gasteiger partial charge on any atom is 0.380 e. The van der Waals surface area contributed by atoms with Gasteiger partial charge in [-0.3, -0.25) is 14.1 Å². The third-order valence-electron chi connectivity index (χ3n) is 5.65. The second-order valence-electron chi connectivity index (χ2n) is 9.24. The van der Waals surface area contributed by atoms with Crippen molar-refractivity contribution >= 4 is 19.5 Å². The highest BCUT2D eigenvalue weighted by atomic mass is 31.2. The number of amides is 1. The molecule has 0 saturated carbocycles. The molecule has 0 radical (unpaired) electrons. The highest BCUT2D eigenvalue weighted by molar-refractivity contribution is 7.54. The van der Waals surface area contributed by atoms with Crippen molar-refractivity contribution in [3.8, 4) is 5.75 Å². The van der Waals surface area contributed by atoms with Gasteiger partial charge in [0.25, 0.3) is 5.91 Å². The fourth-order valence-electron chi connectivity index (χ4n) is 3.79. The van der Waals surface area contributed by atoms with Crippen LogP contribution < -0.4 is 9.84 Å². The number of para-hydroxylation sites is 1. The summed E-state index contributed by atoms with van der Waals surface area (Å²) in [7, 11) is -3.96. The van der Waals surface area contributed by atoms with Gasteiger partial charge in [-0.2, -0.15) is 0 Å². The number of nitrogens with one attached hydrogen (secondary N) is 1. The Morgan fingerprint density at radius 1 is 1.31 bits per heavy atom. The van der Waals surface area contributed by atoms with E-state index < -0.39 is 56.0 Å². The first-order valence-electron chi connectivity index (χ1n) is 11.5. The fraction of sp³-hybridized carbons (Fsp3) is 0.500. The van der Waals surface area contributed by atoms with E-state index in [1.54, 1.807) is 51.1 Å². The zero-order valence-corrected chi connectivity index (χ0v) is 21.6. The molecule has 2 aliphatic rings. The Labute approximate surface area is 210 Å². The number of hydrogen-bond donors (Lipinski definition) is 3. The molecule has 11 nitrogen and oxygen atoms in total. The van der Waals surface area contributed by atoms with Gasteiger partial charge in [0.1, 0.15) is 29.4 Å². The van der Waals surface area contributed by atoms with Crippen molar-refractivity contribution in [1.82, 2.24) is 10.2 Å². The Morgan fingerprint density at radius 3 is 2.58 bits per heavy atom. The molecule has 0 bridgehead atoms. The van der Waals surface area contributed by atoms with Crippen LogP contribution in [0.2, 0.25) is 0 Å². The minimum atomic E-state index is -3.96. The lowest BCUT2D eigenvalue weighted by molar-refractivity contribution is -0.151. The number of aliphatic hydroxyl groups excluding tert-OH is 1. The quantitative estimate of drug-likeness (QED) is 0.308. The number of esters is 1. The van der Waals surface area contributed by atoms with Crippen molar-refractivity contribution in [2.75, 3.05) is 12.8 Å². The average Bonchev–Trinajstić information content (AvgIpc) is 3.01. The minimum absolute atomic E-state index is 0.150. The molecule has 12 heteroatoms. The minimum Gasteiger partial charge on any atom is -0.463 e. The zero-order valence-electron chi connectivity index (χ0n) is 20.7. The first-order valence-corrected chi connectivity index (χ1v) is 13.3. The molecule has 1 fully saturated rings. The second-order valence-corrected chi connectivity index (χ2v) is 11.3. The van der Waals surface area contributed by atoms with Crippen LogP contribution >= 0.6 is 7.60 Å². The van der Waals surface area contributed by atoms with Gasteiger partial charge < -0.3 is 34.4 Å². The summed E-state index contributed by atoms with van der Waals surface area (Å²) in [6.45, 7) is 9.66. The average molecular weight is 525 g/mol. The predicted octanol–water partition coefficient (Wildman–Crippen LogP) is 2.12. The van der Waals surface area contributed by atoms with Crippen molar-refractivity contribution in [2.24, 2.45) is 5.92 Å². The summed E-state index contributed by atoms with van der Waals surface area (Å²) in [6, 6.07) is 8.34. The van der Waals surface area contributed by atoms with Gasteiger partial charge in [-0.25, -0.2) is 4.57 Å². The van der Waals surface area contributed by atoms with Gasteiger partial charge in [0.15, 0.2) is 6.23 Å². The van der Waals surface area contributed by atoms with Gasteiger partial charge in [0.05, 0.1) is 24.8 Å². The van der Waals surface area contributed by atoms with Crippen LogP contribution in [0, 0.1) is 5.92 Å². The van der Waals surface area contributed by atoms with Crippen molar-refractivity contribution in [3.63, 3.8) is 0 Å². The standard InChI is InChI=1S/C24H33N2O9P/c1-15(2)33-22(29)16(3)14-36(31,35-18-9-7-6-8-10-18)32-13-19-21(28)24(5,30)23(34-19)26-12-11-20(27)25-17(26)4/h6-12,15-16,19,21,23,28,30H,4,13-14H2,1-3,5H3,(H,25,27)/t16-,19-,21+,23-,24?,36-/m1/s1. The molecule has 1 amide bonds. The number of aliphatic hydroxyl groups is 2. The molecular weight excluding hydrogens is 491 g/mol. The molecule has 2 aliphatic heterocycles. The molecule has 0 aromatic heterocycles. The van der Waals surface area contributed by atoms with E-state index in [2.05, 4.69) is 11.9 Å². The summed E-state index contributed by atoms with van der Waals surface area (Å²) in [6.07, 6.45) is -1.72. The summed E-state index contributed by atoms with van der Waals surface area (Å²) < 4.78 is 36.2. The van der Waals surface area contributed by atoms with Crippen LogP contribution in [0.25, 0.3) is 0 Å². The molecule has 0 aliphatic carbocycles. The molecule has 0 spiro atoms. The lowest BCUT2D eigenvalue weighted by atomic mass is 9.96. The Kier molecular flexibility index (Phi) is 8.63. The summed E-state index contributed by atoms with van der Waals surface area (Å²) in [5.41, 5.74) is -1.80. The van der Waals surface area contributed by atoms with E-state index >= 15 is 0 Å². The second kappa shape index (κ2) is 11.1. The molecule has 3 rings (SSSR count). The van der Waals surface area contributed by atoms with Crippen LogP contribution in [0.3, 0.4) is 0 Å². The molecule has 36 heavy (non-hydrogen) atoms. The first-order chi connectivity index (χ1) is 16.8. The van der Waals surface area contributed by atoms with Gasteiger partial charge in [-0.1, -0.05) is 31.7 Å². The summed E-state index contributed by atoms with van der Waals surface area (Å²) in [4.78, 5) is 25.3. The van der Waals surface area contributed by atoms with E-state index in [0.29, 0.717) is 0 Å². The highest BCUT2D eigenvalue weighted by Crippen LogP contribution is 2.51. The molecule has 2 heterocycles. The summed E-state index contributed by atoms with van der Waals surface area (Å²) in [5, 5.41) is 24.3. The van der Waals surface area contributed by atoms with Gasteiger partial charge in [-0.15, -0.1) is 0 Å². The van der Waals surface area contributed by atoms with E-state index in [4.69, 9.17) is 18.5 Å². The Bertz CT molecular complexity index is 1040. The van der Waals surface area contributed by atoms with Crippen LogP contribution in [-0.2, 0) is 28.2 Å². The molecule has 3 N–H and O–H groups in total. The Balaban J connectivity index is 1.76. The summed E-state index contributed by atoms with van der Waals surface area (Å²) in [5.74, 6) is -1.33. The number of carbonyl (C=O) groups excluding carboxylic acids is 2. The van der Waals surface area contributed by atoms with Crippen LogP contribution in [0.1, 0.15) is 27.7 Å². The third kappa shape index (κ3) is 6.54. The molecule has 1 aromatic carbocycles. The van der Waals surface area contributed by atoms with E-state index in [0.717, 1.165) is 0 Å². The van der Waals surface area contributed by atoms with E-state index in [1.807, 2.05) is 0 Å². The van der Waals surface area contributed by atoms with Gasteiger partial charge in [-0.05, 0) is 32.9 Å². The van der Waals surface area contributed by atoms with E-state index in [-0.39, 0.29) is 23.8 Å². The smallest absolute Gasteiger partial charge is 0.380 e. The SMILES string of the molecule is C=C1NC(=O)C=CN1[C@@H]1O[C@H](CO[P@](=O)(C[C@@H](C)C(=O)OC(C)C)Oc2ccccc2)[C@H](O)C1(C)O. The van der Waals surface area contributed by atoms with Crippen molar-refractivity contribution in [1.29, 1.82) is 0 Å². The maximum atomic E-state index is 13.7. The number of ether oxygens (including phenoxy) is 2. The topological polar surface area (TPSA) is 144 Å². The van der Waals surface area contributed by atoms with E-state index in [9.17, 15) is 24.4 Å². The number of rotatable bonds is 10. The van der Waals surface area contributed by atoms with Gasteiger partial charge in [0.2, 0.25) is 0 Å². The first kappa shape index (κ1) is 27.9. The normalized spacial score (nSPS) is 28.5. The molecule has 198 valence electrons. The molecule has 1 aromatic rings. The molecular formula is C24H33N2O9P. The molecule has 1 unspecified atom stereocenters. The largest absolute Gasteiger partial charge is 0.463 e. The van der Waals surface area contributed by atoms with Crippen LogP contribution in [0.15, 0.2) is 55.0 Å². The van der Waals surface area contributed by atoms with E-state index in [1.165, 1.54) is 24.1 Å². The van der Waals surface area contributed by atoms with Crippen molar-refractivity contribution in [2.45, 2.75) is 57.8 Å². The lowest BCUT2D eigenvalue weighted by Crippen LogP contribution is -2.53. The van der Waals surface area contributed by atoms with Crippen molar-refractivity contribution < 1.29 is 42.9 Å². The van der Waals surface area contributed by atoms with Gasteiger partial charge >= 0.3 is 13.6 Å². The number of nitrogens with zero attached hydrogens (tertiary/aromatic N) is 1. The monoisotopic (exact) mass is 524 g/mol. The zero-order chi connectivity index (χ0) is 26.7. The predicted molar refractivity (Wildman–Crippen MR) is 129 cm³/mol. The number of hydrogen-bond acceptors (Lipinski definition) is 10. The van der Waals surface area contributed by atoms with Crippen molar-refractivity contribution in [3.05, 3.63) is 55.0 Å². The van der Waals surface area contributed by atoms with Gasteiger partial charge in [0, 0.05) is 12.3 Å². The summed E-state index contributed by atoms with van der Waals surface area (Å²) >= 11 is 0. The van der Waals surface area contributed by atoms with Crippen LogP contribution in [0.5, 0.6) is 5.75 Å². The Morgan fingerprint density at radius 2 is 1.97 bits per heavy atom. The highest BCUT2D eigenvalue weighted by Gasteiger charge is 2.55. The lowest BCUT2D eigenvalue weighted by Gasteiger charge is -2.37. The maximum absolute atomic E-state index is 13.7. The third-order valence-corrected chi connectivity index (χ3v) is 7.67. The van der Waals surface area contributed by atoms with Crippen LogP contribution in [-0.4, -0.2) is 69.9 Å². The molecule has 1 saturated heterocycles. The fourth-order valence-corrected chi connectivity index (χ4v) is 5.66. The number of carbonyl (C=O) groups is 2. The number of benzene rings is 1.